The van der Waals surface area contributed by atoms with Crippen LogP contribution in [0.15, 0.2) is 0 Å². The lowest BCUT2D eigenvalue weighted by molar-refractivity contribution is 0.212. The third kappa shape index (κ3) is 8.41. The Morgan fingerprint density at radius 2 is 2.07 bits per heavy atom. The predicted octanol–water partition coefficient (Wildman–Crippen LogP) is 1.00. The van der Waals surface area contributed by atoms with Gasteiger partial charge < -0.3 is 15.7 Å². The van der Waals surface area contributed by atoms with Crippen molar-refractivity contribution in [3.63, 3.8) is 0 Å². The highest BCUT2D eigenvalue weighted by Gasteiger charge is 2.06. The van der Waals surface area contributed by atoms with Crippen molar-refractivity contribution in [1.82, 2.24) is 4.90 Å². The smallest absolute Gasteiger partial charge is 0.0740 e. The van der Waals surface area contributed by atoms with Gasteiger partial charge in [0.15, 0.2) is 0 Å². The lowest BCUT2D eigenvalue weighted by Crippen LogP contribution is -2.32. The van der Waals surface area contributed by atoms with E-state index in [2.05, 4.69) is 18.7 Å². The summed E-state index contributed by atoms with van der Waals surface area (Å²) in [7, 11) is 0. The van der Waals surface area contributed by atoms with Gasteiger partial charge in [-0.1, -0.05) is 26.1 Å². The molecule has 0 aliphatic carbocycles. The van der Waals surface area contributed by atoms with E-state index < -0.39 is 0 Å². The Bertz CT molecular complexity index is 162. The second-order valence-corrected chi connectivity index (χ2v) is 4.51. The molecule has 0 aliphatic heterocycles. The first-order chi connectivity index (χ1) is 6.56. The molecular weight excluding hydrogens is 196 g/mol. The Balaban J connectivity index is 3.77. The molecule has 0 aliphatic rings. The van der Waals surface area contributed by atoms with Crippen LogP contribution in [-0.4, -0.2) is 41.2 Å². The molecule has 14 heavy (non-hydrogen) atoms. The SMILES string of the molecule is CC(C)CN(CCCO)CCC(N)=S. The third-order valence-corrected chi connectivity index (χ3v) is 2.13. The van der Waals surface area contributed by atoms with Gasteiger partial charge in [-0.05, 0) is 12.3 Å². The lowest BCUT2D eigenvalue weighted by atomic mass is 10.2. The average Bonchev–Trinajstić information content (AvgIpc) is 2.09. The van der Waals surface area contributed by atoms with Crippen molar-refractivity contribution in [3.05, 3.63) is 0 Å². The first-order valence-corrected chi connectivity index (χ1v) is 5.58. The monoisotopic (exact) mass is 218 g/mol. The van der Waals surface area contributed by atoms with Gasteiger partial charge in [-0.3, -0.25) is 0 Å². The standard InChI is InChI=1S/C10H22N2OS/c1-9(2)8-12(5-3-7-13)6-4-10(11)14/h9,13H,3-8H2,1-2H3,(H2,11,14). The highest BCUT2D eigenvalue weighted by molar-refractivity contribution is 7.80. The van der Waals surface area contributed by atoms with Crippen LogP contribution in [0.25, 0.3) is 0 Å². The van der Waals surface area contributed by atoms with Crippen LogP contribution >= 0.6 is 12.2 Å². The van der Waals surface area contributed by atoms with Gasteiger partial charge >= 0.3 is 0 Å². The van der Waals surface area contributed by atoms with Crippen LogP contribution < -0.4 is 5.73 Å². The molecular formula is C10H22N2OS. The minimum atomic E-state index is 0.252. The van der Waals surface area contributed by atoms with Gasteiger partial charge in [0.25, 0.3) is 0 Å². The number of aliphatic hydroxyl groups excluding tert-OH is 1. The Labute approximate surface area is 92.3 Å². The zero-order valence-corrected chi connectivity index (χ0v) is 10.0. The summed E-state index contributed by atoms with van der Waals surface area (Å²) in [5, 5.41) is 8.75. The molecule has 0 aromatic rings. The second-order valence-electron chi connectivity index (χ2n) is 3.99. The third-order valence-electron chi connectivity index (χ3n) is 1.93. The van der Waals surface area contributed by atoms with Crippen LogP contribution in [0, 0.1) is 5.92 Å². The highest BCUT2D eigenvalue weighted by atomic mass is 32.1. The van der Waals surface area contributed by atoms with E-state index in [1.807, 2.05) is 0 Å². The quantitative estimate of drug-likeness (QED) is 0.597. The number of thiocarbonyl (C=S) groups is 1. The molecule has 0 aromatic heterocycles. The Morgan fingerprint density at radius 3 is 2.50 bits per heavy atom. The van der Waals surface area contributed by atoms with Crippen LogP contribution in [0.4, 0.5) is 0 Å². The van der Waals surface area contributed by atoms with Crippen molar-refractivity contribution in [3.8, 4) is 0 Å². The van der Waals surface area contributed by atoms with Crippen molar-refractivity contribution in [1.29, 1.82) is 0 Å². The number of hydrogen-bond donors (Lipinski definition) is 2. The molecule has 0 amide bonds. The zero-order valence-electron chi connectivity index (χ0n) is 9.20. The molecule has 0 aromatic carbocycles. The van der Waals surface area contributed by atoms with E-state index in [1.165, 1.54) is 0 Å². The maximum absolute atomic E-state index is 8.75. The summed E-state index contributed by atoms with van der Waals surface area (Å²) < 4.78 is 0. The Hall–Kier alpha value is -0.190. The molecule has 0 rings (SSSR count). The minimum absolute atomic E-state index is 0.252. The molecule has 84 valence electrons. The fourth-order valence-corrected chi connectivity index (χ4v) is 1.46. The number of aliphatic hydroxyl groups is 1. The molecule has 0 atom stereocenters. The van der Waals surface area contributed by atoms with E-state index in [1.54, 1.807) is 0 Å². The van der Waals surface area contributed by atoms with E-state index in [9.17, 15) is 0 Å². The maximum Gasteiger partial charge on any atom is 0.0740 e. The topological polar surface area (TPSA) is 49.5 Å². The number of hydrogen-bond acceptors (Lipinski definition) is 3. The van der Waals surface area contributed by atoms with Crippen molar-refractivity contribution in [2.24, 2.45) is 11.7 Å². The molecule has 0 fully saturated rings. The van der Waals surface area contributed by atoms with E-state index in [-0.39, 0.29) is 6.61 Å². The van der Waals surface area contributed by atoms with Gasteiger partial charge in [-0.25, -0.2) is 0 Å². The largest absolute Gasteiger partial charge is 0.396 e. The fourth-order valence-electron chi connectivity index (χ4n) is 1.37. The maximum atomic E-state index is 8.75. The van der Waals surface area contributed by atoms with Gasteiger partial charge in [0.2, 0.25) is 0 Å². The first-order valence-electron chi connectivity index (χ1n) is 5.17. The lowest BCUT2D eigenvalue weighted by Gasteiger charge is -2.23. The number of nitrogens with two attached hydrogens (primary N) is 1. The van der Waals surface area contributed by atoms with Crippen LogP contribution in [0.5, 0.6) is 0 Å². The van der Waals surface area contributed by atoms with Gasteiger partial charge in [-0.2, -0.15) is 0 Å². The van der Waals surface area contributed by atoms with Crippen LogP contribution in [0.2, 0.25) is 0 Å². The summed E-state index contributed by atoms with van der Waals surface area (Å²) in [6.45, 7) is 7.51. The number of rotatable bonds is 8. The minimum Gasteiger partial charge on any atom is -0.396 e. The van der Waals surface area contributed by atoms with E-state index in [0.717, 1.165) is 32.5 Å². The van der Waals surface area contributed by atoms with E-state index >= 15 is 0 Å². The first kappa shape index (κ1) is 13.8. The van der Waals surface area contributed by atoms with Crippen molar-refractivity contribution in [2.45, 2.75) is 26.7 Å². The molecule has 4 heteroatoms. The van der Waals surface area contributed by atoms with Crippen LogP contribution in [0.1, 0.15) is 26.7 Å². The van der Waals surface area contributed by atoms with Gasteiger partial charge in [0.1, 0.15) is 0 Å². The Morgan fingerprint density at radius 1 is 1.43 bits per heavy atom. The molecule has 3 N–H and O–H groups in total. The molecule has 3 nitrogen and oxygen atoms in total. The Kier molecular flexibility index (Phi) is 8.04. The molecule has 0 bridgehead atoms. The molecule has 0 unspecified atom stereocenters. The average molecular weight is 218 g/mol. The van der Waals surface area contributed by atoms with Crippen molar-refractivity contribution >= 4 is 17.2 Å². The number of nitrogens with zero attached hydrogens (tertiary/aromatic N) is 1. The van der Waals surface area contributed by atoms with Gasteiger partial charge in [-0.15, -0.1) is 0 Å². The van der Waals surface area contributed by atoms with Gasteiger partial charge in [0, 0.05) is 32.7 Å². The van der Waals surface area contributed by atoms with E-state index in [0.29, 0.717) is 10.9 Å². The second kappa shape index (κ2) is 8.15. The summed E-state index contributed by atoms with van der Waals surface area (Å²) in [4.78, 5) is 2.88. The predicted molar refractivity (Wildman–Crippen MR) is 64.4 cm³/mol. The normalized spacial score (nSPS) is 11.2. The summed E-state index contributed by atoms with van der Waals surface area (Å²) in [6.07, 6.45) is 1.59. The summed E-state index contributed by atoms with van der Waals surface area (Å²) in [6, 6.07) is 0. The summed E-state index contributed by atoms with van der Waals surface area (Å²) in [5.41, 5.74) is 5.46. The van der Waals surface area contributed by atoms with Gasteiger partial charge in [0.05, 0.1) is 4.99 Å². The fraction of sp³-hybridized carbons (Fsp3) is 0.900. The van der Waals surface area contributed by atoms with Crippen molar-refractivity contribution in [2.75, 3.05) is 26.2 Å². The van der Waals surface area contributed by atoms with Crippen molar-refractivity contribution < 1.29 is 5.11 Å². The summed E-state index contributed by atoms with van der Waals surface area (Å²) in [5.74, 6) is 0.639. The highest BCUT2D eigenvalue weighted by Crippen LogP contribution is 2.01. The zero-order chi connectivity index (χ0) is 11.0. The molecule has 0 saturated carbocycles. The molecule has 0 heterocycles. The summed E-state index contributed by atoms with van der Waals surface area (Å²) >= 11 is 4.84. The molecule has 0 radical (unpaired) electrons. The molecule has 0 spiro atoms. The van der Waals surface area contributed by atoms with Crippen LogP contribution in [0.3, 0.4) is 0 Å². The van der Waals surface area contributed by atoms with E-state index in [4.69, 9.17) is 23.1 Å². The molecule has 0 saturated heterocycles. The van der Waals surface area contributed by atoms with Crippen LogP contribution in [-0.2, 0) is 0 Å².